The summed E-state index contributed by atoms with van der Waals surface area (Å²) in [6.45, 7) is 6.59. The molecule has 2 rings (SSSR count). The molecule has 0 saturated carbocycles. The van der Waals surface area contributed by atoms with Crippen LogP contribution in [0.25, 0.3) is 0 Å². The van der Waals surface area contributed by atoms with Gasteiger partial charge in [0.1, 0.15) is 5.75 Å². The second kappa shape index (κ2) is 6.24. The van der Waals surface area contributed by atoms with Gasteiger partial charge in [0.25, 0.3) is 0 Å². The summed E-state index contributed by atoms with van der Waals surface area (Å²) in [6.07, 6.45) is 0.0859. The Morgan fingerprint density at radius 2 is 1.50 bits per heavy atom. The first-order valence-electron chi connectivity index (χ1n) is 6.90. The quantitative estimate of drug-likeness (QED) is 0.777. The van der Waals surface area contributed by atoms with Crippen molar-refractivity contribution in [2.45, 2.75) is 26.1 Å². The molecular weight excluding hydrogens is 264 g/mol. The minimum Gasteiger partial charge on any atom is -0.497 e. The number of rotatable bonds is 5. The molecule has 0 aliphatic rings. The first-order chi connectivity index (χ1) is 9.53. The van der Waals surface area contributed by atoms with Crippen LogP contribution >= 0.6 is 0 Å². The average molecular weight is 286 g/mol. The van der Waals surface area contributed by atoms with Crippen molar-refractivity contribution >= 4 is 13.5 Å². The summed E-state index contributed by atoms with van der Waals surface area (Å²) in [5.41, 5.74) is 1.18. The summed E-state index contributed by atoms with van der Waals surface area (Å²) in [4.78, 5) is 0. The third-order valence-electron chi connectivity index (χ3n) is 3.53. The number of methoxy groups -OCH3 is 1. The van der Waals surface area contributed by atoms with Crippen molar-refractivity contribution in [2.24, 2.45) is 0 Å². The molecule has 3 heteroatoms. The van der Waals surface area contributed by atoms with E-state index in [1.54, 1.807) is 7.11 Å². The van der Waals surface area contributed by atoms with Crippen LogP contribution in [0, 0.1) is 0 Å². The molecule has 0 spiro atoms. The van der Waals surface area contributed by atoms with Crippen molar-refractivity contribution < 1.29 is 9.16 Å². The van der Waals surface area contributed by atoms with E-state index in [1.807, 2.05) is 18.2 Å². The Bertz CT molecular complexity index is 535. The molecule has 0 fully saturated rings. The maximum atomic E-state index is 6.38. The maximum Gasteiger partial charge on any atom is 0.218 e. The predicted molar refractivity (Wildman–Crippen MR) is 86.1 cm³/mol. The van der Waals surface area contributed by atoms with Gasteiger partial charge in [-0.05, 0) is 42.9 Å². The SMILES string of the molecule is COc1ccc(C(C)O[Si](C)(C)c2ccccc2)cc1. The zero-order valence-corrected chi connectivity index (χ0v) is 13.6. The van der Waals surface area contributed by atoms with Crippen molar-refractivity contribution in [1.82, 2.24) is 0 Å². The van der Waals surface area contributed by atoms with Gasteiger partial charge in [-0.15, -0.1) is 0 Å². The first kappa shape index (κ1) is 14.8. The van der Waals surface area contributed by atoms with Crippen LogP contribution in [-0.4, -0.2) is 15.4 Å². The first-order valence-corrected chi connectivity index (χ1v) is 9.81. The van der Waals surface area contributed by atoms with Crippen molar-refractivity contribution in [3.63, 3.8) is 0 Å². The summed E-state index contributed by atoms with van der Waals surface area (Å²) < 4.78 is 11.6. The van der Waals surface area contributed by atoms with E-state index >= 15 is 0 Å². The fourth-order valence-corrected chi connectivity index (χ4v) is 4.44. The summed E-state index contributed by atoms with van der Waals surface area (Å²) in [6, 6.07) is 18.6. The molecule has 1 atom stereocenters. The molecule has 0 saturated heterocycles. The highest BCUT2D eigenvalue weighted by Crippen LogP contribution is 2.23. The topological polar surface area (TPSA) is 18.5 Å². The molecule has 0 heterocycles. The standard InChI is InChI=1S/C17H22O2Si/c1-14(15-10-12-16(18-2)13-11-15)19-20(3,4)17-8-6-5-7-9-17/h5-14H,1-4H3. The minimum atomic E-state index is -1.88. The van der Waals surface area contributed by atoms with Crippen molar-refractivity contribution in [3.8, 4) is 5.75 Å². The molecule has 2 aromatic rings. The van der Waals surface area contributed by atoms with E-state index in [-0.39, 0.29) is 6.10 Å². The van der Waals surface area contributed by atoms with Crippen molar-refractivity contribution in [2.75, 3.05) is 7.11 Å². The summed E-state index contributed by atoms with van der Waals surface area (Å²) in [5, 5.41) is 1.32. The van der Waals surface area contributed by atoms with Crippen LogP contribution in [0.4, 0.5) is 0 Å². The van der Waals surface area contributed by atoms with E-state index in [9.17, 15) is 0 Å². The molecule has 106 valence electrons. The normalized spacial score (nSPS) is 13.0. The van der Waals surface area contributed by atoms with E-state index in [0.29, 0.717) is 0 Å². The van der Waals surface area contributed by atoms with Gasteiger partial charge in [0, 0.05) is 0 Å². The lowest BCUT2D eigenvalue weighted by molar-refractivity contribution is 0.222. The van der Waals surface area contributed by atoms with Gasteiger partial charge in [0.2, 0.25) is 8.32 Å². The monoisotopic (exact) mass is 286 g/mol. The minimum absolute atomic E-state index is 0.0859. The molecule has 0 aliphatic carbocycles. The summed E-state index contributed by atoms with van der Waals surface area (Å²) in [7, 11) is -0.198. The number of ether oxygens (including phenoxy) is 1. The van der Waals surface area contributed by atoms with E-state index in [2.05, 4.69) is 56.4 Å². The Morgan fingerprint density at radius 3 is 2.05 bits per heavy atom. The van der Waals surface area contributed by atoms with E-state index in [4.69, 9.17) is 9.16 Å². The Morgan fingerprint density at radius 1 is 0.900 bits per heavy atom. The highest BCUT2D eigenvalue weighted by atomic mass is 28.4. The zero-order valence-electron chi connectivity index (χ0n) is 12.6. The molecule has 0 aliphatic heterocycles. The van der Waals surface area contributed by atoms with Crippen LogP contribution in [0.2, 0.25) is 13.1 Å². The molecule has 20 heavy (non-hydrogen) atoms. The highest BCUT2D eigenvalue weighted by Gasteiger charge is 2.27. The predicted octanol–water partition coefficient (Wildman–Crippen LogP) is 3.89. The Labute approximate surface area is 122 Å². The lowest BCUT2D eigenvalue weighted by Gasteiger charge is -2.28. The van der Waals surface area contributed by atoms with E-state index < -0.39 is 8.32 Å². The van der Waals surface area contributed by atoms with E-state index in [1.165, 1.54) is 10.8 Å². The lowest BCUT2D eigenvalue weighted by atomic mass is 10.1. The van der Waals surface area contributed by atoms with Crippen LogP contribution in [0.15, 0.2) is 54.6 Å². The zero-order chi connectivity index (χ0) is 14.6. The molecule has 0 aromatic heterocycles. The Balaban J connectivity index is 2.11. The Kier molecular flexibility index (Phi) is 4.63. The van der Waals surface area contributed by atoms with Gasteiger partial charge in [-0.3, -0.25) is 0 Å². The van der Waals surface area contributed by atoms with Crippen molar-refractivity contribution in [3.05, 3.63) is 60.2 Å². The maximum absolute atomic E-state index is 6.38. The second-order valence-electron chi connectivity index (χ2n) is 5.41. The molecule has 0 bridgehead atoms. The smallest absolute Gasteiger partial charge is 0.218 e. The van der Waals surface area contributed by atoms with E-state index in [0.717, 1.165) is 5.75 Å². The highest BCUT2D eigenvalue weighted by molar-refractivity contribution is 6.84. The number of benzene rings is 2. The average Bonchev–Trinajstić information content (AvgIpc) is 2.48. The number of hydrogen-bond donors (Lipinski definition) is 0. The van der Waals surface area contributed by atoms with Crippen molar-refractivity contribution in [1.29, 1.82) is 0 Å². The third kappa shape index (κ3) is 3.49. The second-order valence-corrected chi connectivity index (χ2v) is 9.24. The molecule has 0 amide bonds. The van der Waals surface area contributed by atoms with Gasteiger partial charge in [0.15, 0.2) is 0 Å². The van der Waals surface area contributed by atoms with Gasteiger partial charge < -0.3 is 9.16 Å². The third-order valence-corrected chi connectivity index (χ3v) is 6.19. The molecule has 2 aromatic carbocycles. The largest absolute Gasteiger partial charge is 0.497 e. The van der Waals surface area contributed by atoms with Crippen LogP contribution in [-0.2, 0) is 4.43 Å². The lowest BCUT2D eigenvalue weighted by Crippen LogP contribution is -2.45. The van der Waals surface area contributed by atoms with Gasteiger partial charge in [-0.1, -0.05) is 42.5 Å². The molecule has 0 N–H and O–H groups in total. The van der Waals surface area contributed by atoms with Crippen LogP contribution < -0.4 is 9.92 Å². The van der Waals surface area contributed by atoms with Crippen LogP contribution in [0.3, 0.4) is 0 Å². The molecule has 0 radical (unpaired) electrons. The van der Waals surface area contributed by atoms with Crippen LogP contribution in [0.1, 0.15) is 18.6 Å². The summed E-state index contributed by atoms with van der Waals surface area (Å²) in [5.74, 6) is 0.875. The summed E-state index contributed by atoms with van der Waals surface area (Å²) >= 11 is 0. The van der Waals surface area contributed by atoms with Gasteiger partial charge in [-0.2, -0.15) is 0 Å². The van der Waals surface area contributed by atoms with Gasteiger partial charge in [0.05, 0.1) is 13.2 Å². The van der Waals surface area contributed by atoms with Gasteiger partial charge in [-0.25, -0.2) is 0 Å². The molecule has 2 nitrogen and oxygen atoms in total. The number of hydrogen-bond acceptors (Lipinski definition) is 2. The molecular formula is C17H22O2Si. The molecule has 1 unspecified atom stereocenters. The fraction of sp³-hybridized carbons (Fsp3) is 0.294. The van der Waals surface area contributed by atoms with Gasteiger partial charge >= 0.3 is 0 Å². The fourth-order valence-electron chi connectivity index (χ4n) is 2.29. The Hall–Kier alpha value is -1.58. The van der Waals surface area contributed by atoms with Crippen LogP contribution in [0.5, 0.6) is 5.75 Å².